The van der Waals surface area contributed by atoms with Gasteiger partial charge in [-0.1, -0.05) is 0 Å². The second-order valence-corrected chi connectivity index (χ2v) is 2.23. The van der Waals surface area contributed by atoms with Crippen molar-refractivity contribution in [2.45, 2.75) is 0 Å². The lowest BCUT2D eigenvalue weighted by Crippen LogP contribution is -1.79. The normalized spacial score (nSPS) is 8.08. The number of aliphatic imine (C=N–C) groups is 1. The zero-order valence-electron chi connectivity index (χ0n) is 6.57. The van der Waals surface area contributed by atoms with E-state index in [4.69, 9.17) is 4.74 Å². The van der Waals surface area contributed by atoms with Gasteiger partial charge >= 0.3 is 0 Å². The molecule has 0 atom stereocenters. The molecule has 2 nitrogen and oxygen atoms in total. The van der Waals surface area contributed by atoms with E-state index in [1.54, 1.807) is 7.11 Å². The highest BCUT2D eigenvalue weighted by Gasteiger charge is 1.89. The molecule has 3 heteroatoms. The average Bonchev–Trinajstić information content (AvgIpc) is 2.15. The highest BCUT2D eigenvalue weighted by molar-refractivity contribution is 7.78. The van der Waals surface area contributed by atoms with Crippen LogP contribution in [0.15, 0.2) is 29.3 Å². The van der Waals surface area contributed by atoms with Gasteiger partial charge in [-0.2, -0.15) is 4.99 Å². The topological polar surface area (TPSA) is 21.6 Å². The Bertz CT molecular complexity index is 332. The predicted octanol–water partition coefficient (Wildman–Crippen LogP) is 2.15. The fourth-order valence-corrected chi connectivity index (χ4v) is 0.790. The molecule has 0 spiro atoms. The van der Waals surface area contributed by atoms with Crippen LogP contribution >= 0.6 is 12.2 Å². The van der Waals surface area contributed by atoms with E-state index in [-0.39, 0.29) is 0 Å². The summed E-state index contributed by atoms with van der Waals surface area (Å²) in [6, 6.07) is 7.28. The van der Waals surface area contributed by atoms with Crippen LogP contribution in [0.5, 0.6) is 5.75 Å². The van der Waals surface area contributed by atoms with E-state index in [0.717, 1.165) is 11.4 Å². The van der Waals surface area contributed by atoms with Crippen molar-refractivity contribution in [3.63, 3.8) is 0 Å². The number of benzene rings is 1. The molecule has 0 heterocycles. The largest absolute Gasteiger partial charge is 0.497 e. The van der Waals surface area contributed by atoms with Crippen LogP contribution in [0, 0.1) is 0 Å². The molecule has 0 amide bonds. The molecule has 0 saturated carbocycles. The number of hydrogen-bond acceptors (Lipinski definition) is 3. The molecule has 1 aromatic rings. The average molecular weight is 177 g/mol. The van der Waals surface area contributed by atoms with Gasteiger partial charge in [0.25, 0.3) is 0 Å². The fourth-order valence-electron chi connectivity index (χ4n) is 0.744. The molecule has 60 valence electrons. The van der Waals surface area contributed by atoms with E-state index >= 15 is 0 Å². The molecule has 0 aromatic heterocycles. The number of ether oxygens (including phenoxy) is 1. The van der Waals surface area contributed by atoms with Crippen LogP contribution in [0.2, 0.25) is 0 Å². The van der Waals surface area contributed by atoms with Crippen LogP contribution in [0.1, 0.15) is 0 Å². The second kappa shape index (κ2) is 4.47. The van der Waals surface area contributed by atoms with Gasteiger partial charge in [-0.15, -0.1) is 0 Å². The summed E-state index contributed by atoms with van der Waals surface area (Å²) in [5.74, 6) is 3.26. The van der Waals surface area contributed by atoms with Gasteiger partial charge in [-0.25, -0.2) is 0 Å². The number of thiocarbonyl (C=S) groups is 1. The minimum atomic E-state index is 0.785. The van der Waals surface area contributed by atoms with Gasteiger partial charge in [0.2, 0.25) is 0 Å². The highest BCUT2D eigenvalue weighted by atomic mass is 32.1. The van der Waals surface area contributed by atoms with Crippen molar-refractivity contribution in [3.05, 3.63) is 24.3 Å². The summed E-state index contributed by atoms with van der Waals surface area (Å²) >= 11 is 4.42. The summed E-state index contributed by atoms with van der Waals surface area (Å²) in [5.41, 5.74) is 0.785. The van der Waals surface area contributed by atoms with Gasteiger partial charge in [0.1, 0.15) is 5.75 Å². The zero-order valence-corrected chi connectivity index (χ0v) is 7.39. The van der Waals surface area contributed by atoms with Gasteiger partial charge in [-0.3, -0.25) is 0 Å². The number of rotatable bonds is 2. The van der Waals surface area contributed by atoms with E-state index in [1.165, 1.54) is 0 Å². The van der Waals surface area contributed by atoms with Crippen molar-refractivity contribution in [3.8, 4) is 5.75 Å². The van der Waals surface area contributed by atoms with Crippen molar-refractivity contribution in [2.24, 2.45) is 4.99 Å². The van der Waals surface area contributed by atoms with E-state index in [2.05, 4.69) is 28.1 Å². The molecule has 0 aliphatic carbocycles. The van der Waals surface area contributed by atoms with E-state index in [1.807, 2.05) is 24.3 Å². The maximum atomic E-state index is 4.98. The summed E-state index contributed by atoms with van der Waals surface area (Å²) in [6.07, 6.45) is 0. The van der Waals surface area contributed by atoms with E-state index < -0.39 is 0 Å². The molecule has 0 saturated heterocycles. The molecular weight excluding hydrogens is 170 g/mol. The molecule has 0 unspecified atom stereocenters. The molecule has 12 heavy (non-hydrogen) atoms. The first-order chi connectivity index (χ1) is 5.86. The summed E-state index contributed by atoms with van der Waals surface area (Å²) in [6.45, 7) is 0. The summed E-state index contributed by atoms with van der Waals surface area (Å²) in [4.78, 5) is 3.88. The van der Waals surface area contributed by atoms with E-state index in [0.29, 0.717) is 0 Å². The molecule has 0 N–H and O–H groups in total. The Kier molecular flexibility index (Phi) is 3.24. The Balaban J connectivity index is 2.92. The third-order valence-electron chi connectivity index (χ3n) is 1.30. The molecule has 0 fully saturated rings. The maximum Gasteiger partial charge on any atom is 0.119 e. The highest BCUT2D eigenvalue weighted by Crippen LogP contribution is 2.16. The first-order valence-corrected chi connectivity index (χ1v) is 3.74. The maximum absolute atomic E-state index is 4.98. The Labute approximate surface area is 76.2 Å². The van der Waals surface area contributed by atoms with Gasteiger partial charge in [0.05, 0.1) is 18.7 Å². The van der Waals surface area contributed by atoms with Gasteiger partial charge in [0.15, 0.2) is 0 Å². The lowest BCUT2D eigenvalue weighted by atomic mass is 10.3. The van der Waals surface area contributed by atoms with Crippen molar-refractivity contribution >= 4 is 28.8 Å². The number of nitrogens with zero attached hydrogens (tertiary/aromatic N) is 1. The van der Waals surface area contributed by atoms with Crippen LogP contribution in [0.25, 0.3) is 0 Å². The minimum absolute atomic E-state index is 0.785. The van der Waals surface area contributed by atoms with Gasteiger partial charge in [0, 0.05) is 5.02 Å². The zero-order chi connectivity index (χ0) is 8.81. The first kappa shape index (κ1) is 8.69. The molecule has 0 aliphatic rings. The van der Waals surface area contributed by atoms with E-state index in [9.17, 15) is 0 Å². The lowest BCUT2D eigenvalue weighted by Gasteiger charge is -1.97. The molecule has 0 bridgehead atoms. The first-order valence-electron chi connectivity index (χ1n) is 3.34. The van der Waals surface area contributed by atoms with Crippen LogP contribution in [-0.4, -0.2) is 18.0 Å². The summed E-state index contributed by atoms with van der Waals surface area (Å²) in [5, 5.41) is 2.28. The van der Waals surface area contributed by atoms with Crippen LogP contribution in [-0.2, 0) is 0 Å². The number of methoxy groups -OCH3 is 1. The predicted molar refractivity (Wildman–Crippen MR) is 52.7 cm³/mol. The summed E-state index contributed by atoms with van der Waals surface area (Å²) < 4.78 is 4.98. The smallest absolute Gasteiger partial charge is 0.119 e. The third kappa shape index (κ3) is 2.33. The van der Waals surface area contributed by atoms with Crippen molar-refractivity contribution in [1.29, 1.82) is 0 Å². The Morgan fingerprint density at radius 2 is 2.00 bits per heavy atom. The monoisotopic (exact) mass is 177 g/mol. The molecular formula is C9H7NOS. The summed E-state index contributed by atoms with van der Waals surface area (Å²) in [7, 11) is 1.62. The molecule has 1 aromatic carbocycles. The van der Waals surface area contributed by atoms with Crippen molar-refractivity contribution in [2.75, 3.05) is 7.11 Å². The lowest BCUT2D eigenvalue weighted by molar-refractivity contribution is 0.415. The van der Waals surface area contributed by atoms with Crippen LogP contribution < -0.4 is 4.74 Å². The molecule has 0 radical (unpaired) electrons. The van der Waals surface area contributed by atoms with Crippen molar-refractivity contribution in [1.82, 2.24) is 0 Å². The van der Waals surface area contributed by atoms with Crippen LogP contribution in [0.3, 0.4) is 0 Å². The standard InChI is InChI=1S/C9H7NOS/c1-11-9-4-2-8(3-5-9)10-6-7-12/h2-5H,1H3. The molecule has 1 rings (SSSR count). The third-order valence-corrected chi connectivity index (χ3v) is 1.39. The number of hydrogen-bond donors (Lipinski definition) is 0. The quantitative estimate of drug-likeness (QED) is 0.510. The Hall–Kier alpha value is -1.40. The Morgan fingerprint density at radius 3 is 2.50 bits per heavy atom. The Morgan fingerprint density at radius 1 is 1.33 bits per heavy atom. The minimum Gasteiger partial charge on any atom is -0.497 e. The molecule has 0 aliphatic heterocycles. The van der Waals surface area contributed by atoms with Crippen LogP contribution in [0.4, 0.5) is 5.69 Å². The van der Waals surface area contributed by atoms with Gasteiger partial charge in [-0.05, 0) is 36.5 Å². The fraction of sp³-hybridized carbons (Fsp3) is 0.111. The SMILES string of the molecule is COc1ccc(N=C=C=S)cc1. The van der Waals surface area contributed by atoms with Crippen molar-refractivity contribution < 1.29 is 4.74 Å². The second-order valence-electron chi connectivity index (χ2n) is 2.02. The van der Waals surface area contributed by atoms with Gasteiger partial charge < -0.3 is 4.74 Å².